The molecule has 1 aromatic carbocycles. The number of carbonyl (C=O) groups excluding carboxylic acids is 1. The molecule has 1 unspecified atom stereocenters. The predicted molar refractivity (Wildman–Crippen MR) is 88.7 cm³/mol. The number of benzene rings is 1. The molecule has 1 aliphatic rings. The van der Waals surface area contributed by atoms with Crippen LogP contribution < -0.4 is 10.6 Å². The highest BCUT2D eigenvalue weighted by Crippen LogP contribution is 2.19. The van der Waals surface area contributed by atoms with Crippen molar-refractivity contribution in [2.75, 3.05) is 26.3 Å². The van der Waals surface area contributed by atoms with Gasteiger partial charge in [0.05, 0.1) is 13.2 Å². The first-order valence-corrected chi connectivity index (χ1v) is 8.25. The molecule has 24 heavy (non-hydrogen) atoms. The number of nitrogens with zero attached hydrogens (tertiary/aromatic N) is 2. The second-order valence-electron chi connectivity index (χ2n) is 5.55. The number of hydrogen-bond acceptors (Lipinski definition) is 6. The maximum atomic E-state index is 11.9. The lowest BCUT2D eigenvalue weighted by molar-refractivity contribution is -0.122. The number of amides is 1. The molecule has 3 rings (SSSR count). The summed E-state index contributed by atoms with van der Waals surface area (Å²) < 4.78 is 10.5. The van der Waals surface area contributed by atoms with Gasteiger partial charge in [-0.25, -0.2) is 0 Å². The molecule has 1 aliphatic heterocycles. The van der Waals surface area contributed by atoms with Crippen LogP contribution in [-0.2, 0) is 16.0 Å². The molecule has 1 fully saturated rings. The number of nitrogens with one attached hydrogen (secondary N) is 2. The van der Waals surface area contributed by atoms with Crippen molar-refractivity contribution in [2.45, 2.75) is 18.9 Å². The van der Waals surface area contributed by atoms with E-state index in [4.69, 9.17) is 20.9 Å². The Morgan fingerprint density at radius 1 is 1.46 bits per heavy atom. The normalized spacial score (nSPS) is 17.6. The molecule has 2 N–H and O–H groups in total. The number of hydrogen-bond donors (Lipinski definition) is 2. The molecular weight excluding hydrogens is 332 g/mol. The second-order valence-corrected chi connectivity index (χ2v) is 5.99. The zero-order chi connectivity index (χ0) is 16.8. The highest BCUT2D eigenvalue weighted by Gasteiger charge is 2.16. The summed E-state index contributed by atoms with van der Waals surface area (Å²) in [7, 11) is 0. The number of rotatable bonds is 6. The summed E-state index contributed by atoms with van der Waals surface area (Å²) in [6.45, 7) is 2.50. The average molecular weight is 351 g/mol. The summed E-state index contributed by atoms with van der Waals surface area (Å²) in [5.41, 5.74) is 0.796. The first-order chi connectivity index (χ1) is 11.7. The monoisotopic (exact) mass is 350 g/mol. The Kier molecular flexibility index (Phi) is 5.79. The third kappa shape index (κ3) is 4.77. The van der Waals surface area contributed by atoms with Crippen LogP contribution in [0.4, 0.5) is 0 Å². The van der Waals surface area contributed by atoms with Crippen molar-refractivity contribution in [2.24, 2.45) is 0 Å². The van der Waals surface area contributed by atoms with Gasteiger partial charge in [0, 0.05) is 42.6 Å². The van der Waals surface area contributed by atoms with Gasteiger partial charge >= 0.3 is 0 Å². The van der Waals surface area contributed by atoms with Gasteiger partial charge < -0.3 is 19.9 Å². The van der Waals surface area contributed by atoms with E-state index in [0.29, 0.717) is 49.3 Å². The molecule has 8 heteroatoms. The minimum atomic E-state index is -0.0208. The van der Waals surface area contributed by atoms with Crippen LogP contribution in [0.2, 0.25) is 5.02 Å². The summed E-state index contributed by atoms with van der Waals surface area (Å²) in [6.07, 6.45) is 0.880. The lowest BCUT2D eigenvalue weighted by atomic mass is 10.2. The van der Waals surface area contributed by atoms with Gasteiger partial charge in [0.25, 0.3) is 0 Å². The quantitative estimate of drug-likeness (QED) is 0.819. The van der Waals surface area contributed by atoms with Gasteiger partial charge in [-0.15, -0.1) is 0 Å². The number of ether oxygens (including phenoxy) is 1. The molecule has 0 aliphatic carbocycles. The van der Waals surface area contributed by atoms with Crippen LogP contribution in [0.5, 0.6) is 0 Å². The van der Waals surface area contributed by atoms with E-state index in [2.05, 4.69) is 20.8 Å². The Labute approximate surface area is 144 Å². The fraction of sp³-hybridized carbons (Fsp3) is 0.438. The number of morpholine rings is 1. The molecule has 2 aromatic rings. The van der Waals surface area contributed by atoms with Gasteiger partial charge in [-0.05, 0) is 12.1 Å². The molecule has 0 spiro atoms. The molecular formula is C16H19ClN4O3. The van der Waals surface area contributed by atoms with Crippen LogP contribution >= 0.6 is 11.6 Å². The Bertz CT molecular complexity index is 685. The average Bonchev–Trinajstić information content (AvgIpc) is 3.05. The lowest BCUT2D eigenvalue weighted by Crippen LogP contribution is -2.44. The number of aromatic nitrogens is 2. The van der Waals surface area contributed by atoms with Crippen LogP contribution in [-0.4, -0.2) is 48.4 Å². The number of halogens is 1. The molecule has 0 bridgehead atoms. The van der Waals surface area contributed by atoms with E-state index >= 15 is 0 Å². The van der Waals surface area contributed by atoms with Crippen molar-refractivity contribution in [3.8, 4) is 11.4 Å². The van der Waals surface area contributed by atoms with Gasteiger partial charge in [0.2, 0.25) is 17.6 Å². The van der Waals surface area contributed by atoms with Crippen molar-refractivity contribution in [1.29, 1.82) is 0 Å². The van der Waals surface area contributed by atoms with E-state index in [1.54, 1.807) is 12.1 Å². The highest BCUT2D eigenvalue weighted by molar-refractivity contribution is 6.30. The molecule has 2 heterocycles. The predicted octanol–water partition coefficient (Wildman–Crippen LogP) is 1.43. The molecule has 0 saturated carbocycles. The fourth-order valence-electron chi connectivity index (χ4n) is 2.46. The summed E-state index contributed by atoms with van der Waals surface area (Å²) in [4.78, 5) is 16.2. The van der Waals surface area contributed by atoms with Crippen LogP contribution in [0.15, 0.2) is 28.8 Å². The van der Waals surface area contributed by atoms with Gasteiger partial charge in [0.1, 0.15) is 0 Å². The van der Waals surface area contributed by atoms with Gasteiger partial charge in [0.15, 0.2) is 0 Å². The third-order valence-electron chi connectivity index (χ3n) is 3.64. The summed E-state index contributed by atoms with van der Waals surface area (Å²) in [6, 6.07) is 7.33. The Balaban J connectivity index is 1.44. The van der Waals surface area contributed by atoms with E-state index in [1.165, 1.54) is 0 Å². The zero-order valence-corrected chi connectivity index (χ0v) is 13.9. The van der Waals surface area contributed by atoms with E-state index < -0.39 is 0 Å². The topological polar surface area (TPSA) is 89.3 Å². The summed E-state index contributed by atoms with van der Waals surface area (Å²) in [5.74, 6) is 0.944. The minimum absolute atomic E-state index is 0.0208. The van der Waals surface area contributed by atoms with E-state index in [-0.39, 0.29) is 11.9 Å². The van der Waals surface area contributed by atoms with E-state index in [0.717, 1.165) is 12.1 Å². The first kappa shape index (κ1) is 16.9. The van der Waals surface area contributed by atoms with Crippen LogP contribution in [0.3, 0.4) is 0 Å². The van der Waals surface area contributed by atoms with Crippen molar-refractivity contribution >= 4 is 17.5 Å². The molecule has 128 valence electrons. The van der Waals surface area contributed by atoms with Crippen molar-refractivity contribution in [3.63, 3.8) is 0 Å². The van der Waals surface area contributed by atoms with Gasteiger partial charge in [-0.3, -0.25) is 4.79 Å². The molecule has 0 radical (unpaired) electrons. The maximum Gasteiger partial charge on any atom is 0.228 e. The molecule has 1 aromatic heterocycles. The molecule has 1 atom stereocenters. The van der Waals surface area contributed by atoms with Crippen LogP contribution in [0.1, 0.15) is 12.3 Å². The van der Waals surface area contributed by atoms with Crippen molar-refractivity contribution in [1.82, 2.24) is 20.8 Å². The van der Waals surface area contributed by atoms with Crippen molar-refractivity contribution < 1.29 is 14.1 Å². The first-order valence-electron chi connectivity index (χ1n) is 7.87. The van der Waals surface area contributed by atoms with Crippen molar-refractivity contribution in [3.05, 3.63) is 35.2 Å². The Morgan fingerprint density at radius 3 is 3.17 bits per heavy atom. The zero-order valence-electron chi connectivity index (χ0n) is 13.1. The third-order valence-corrected chi connectivity index (χ3v) is 3.88. The number of carbonyl (C=O) groups is 1. The Hall–Kier alpha value is -1.96. The summed E-state index contributed by atoms with van der Waals surface area (Å²) in [5, 5.41) is 10.7. The molecule has 1 saturated heterocycles. The highest BCUT2D eigenvalue weighted by atomic mass is 35.5. The maximum absolute atomic E-state index is 11.9. The molecule has 1 amide bonds. The van der Waals surface area contributed by atoms with Gasteiger partial charge in [-0.1, -0.05) is 28.9 Å². The second kappa shape index (κ2) is 8.23. The molecule has 7 nitrogen and oxygen atoms in total. The van der Waals surface area contributed by atoms with Crippen LogP contribution in [0, 0.1) is 0 Å². The summed E-state index contributed by atoms with van der Waals surface area (Å²) >= 11 is 5.95. The van der Waals surface area contributed by atoms with E-state index in [1.807, 2.05) is 12.1 Å². The lowest BCUT2D eigenvalue weighted by Gasteiger charge is -2.23. The minimum Gasteiger partial charge on any atom is -0.378 e. The van der Waals surface area contributed by atoms with E-state index in [9.17, 15) is 4.79 Å². The van der Waals surface area contributed by atoms with Crippen LogP contribution in [0.25, 0.3) is 11.4 Å². The smallest absolute Gasteiger partial charge is 0.228 e. The van der Waals surface area contributed by atoms with Gasteiger partial charge in [-0.2, -0.15) is 4.98 Å². The largest absolute Gasteiger partial charge is 0.378 e. The Morgan fingerprint density at radius 2 is 2.38 bits per heavy atom. The SMILES string of the molecule is O=C(CC1COCCN1)NCCc1nc(-c2cccc(Cl)c2)no1. The fourth-order valence-corrected chi connectivity index (χ4v) is 2.65. The standard InChI is InChI=1S/C16H19ClN4O3/c17-12-3-1-2-11(8-12)16-20-15(24-21-16)4-5-19-14(22)9-13-10-23-7-6-18-13/h1-3,8,13,18H,4-7,9-10H2,(H,19,22).